The number of amides is 1. The second-order valence-corrected chi connectivity index (χ2v) is 8.30. The summed E-state index contributed by atoms with van der Waals surface area (Å²) in [6.07, 6.45) is 5.47. The van der Waals surface area contributed by atoms with E-state index in [0.717, 1.165) is 25.4 Å². The zero-order valence-electron chi connectivity index (χ0n) is 11.5. The zero-order chi connectivity index (χ0) is 14.3. The number of nitrogens with one attached hydrogen (secondary N) is 1. The summed E-state index contributed by atoms with van der Waals surface area (Å²) < 4.78 is 1.96. The Labute approximate surface area is 142 Å². The van der Waals surface area contributed by atoms with Gasteiger partial charge in [0.25, 0.3) is 5.91 Å². The molecule has 4 heteroatoms. The summed E-state index contributed by atoms with van der Waals surface area (Å²) in [5, 5.41) is 3.23. The molecule has 1 amide bonds. The predicted molar refractivity (Wildman–Crippen MR) is 92.7 cm³/mol. The van der Waals surface area contributed by atoms with Crippen molar-refractivity contribution in [1.82, 2.24) is 5.32 Å². The van der Waals surface area contributed by atoms with Crippen molar-refractivity contribution in [3.05, 3.63) is 31.8 Å². The number of carbonyl (C=O) groups excluding carboxylic acids is 1. The highest BCUT2D eigenvalue weighted by atomic mass is 127. The monoisotopic (exact) mass is 447 g/mol. The molecule has 1 aromatic carbocycles. The molecule has 4 unspecified atom stereocenters. The van der Waals surface area contributed by atoms with Gasteiger partial charge in [-0.25, -0.2) is 0 Å². The van der Waals surface area contributed by atoms with Gasteiger partial charge in [0, 0.05) is 14.1 Å². The van der Waals surface area contributed by atoms with Crippen LogP contribution in [0.5, 0.6) is 0 Å². The van der Waals surface area contributed by atoms with Gasteiger partial charge in [-0.2, -0.15) is 0 Å². The largest absolute Gasteiger partial charge is 0.349 e. The molecule has 2 saturated carbocycles. The zero-order valence-corrected chi connectivity index (χ0v) is 15.3. The Morgan fingerprint density at radius 1 is 1.40 bits per heavy atom. The van der Waals surface area contributed by atoms with Crippen LogP contribution in [0.25, 0.3) is 0 Å². The van der Waals surface area contributed by atoms with Gasteiger partial charge in [-0.05, 0) is 84.7 Å². The minimum Gasteiger partial charge on any atom is -0.349 e. The summed E-state index contributed by atoms with van der Waals surface area (Å²) in [5.74, 6) is 2.51. The summed E-state index contributed by atoms with van der Waals surface area (Å²) in [6, 6.07) is 6.14. The van der Waals surface area contributed by atoms with Crippen LogP contribution >= 0.6 is 38.5 Å². The van der Waals surface area contributed by atoms with E-state index in [1.807, 2.05) is 18.2 Å². The molecule has 1 aromatic rings. The first-order valence-corrected chi connectivity index (χ1v) is 9.17. The number of fused-ring (bicyclic) bond motifs is 2. The molecule has 0 aromatic heterocycles. The predicted octanol–water partition coefficient (Wildman–Crippen LogP) is 4.61. The minimum absolute atomic E-state index is 0.0611. The smallest absolute Gasteiger partial charge is 0.252 e. The fourth-order valence-corrected chi connectivity index (χ4v) is 4.91. The normalized spacial score (nSPS) is 29.4. The molecule has 0 aliphatic heterocycles. The van der Waals surface area contributed by atoms with Crippen LogP contribution in [0.2, 0.25) is 0 Å². The molecule has 2 nitrogen and oxygen atoms in total. The van der Waals surface area contributed by atoms with E-state index in [4.69, 9.17) is 0 Å². The summed E-state index contributed by atoms with van der Waals surface area (Å²) in [6.45, 7) is 2.17. The molecule has 3 rings (SSSR count). The third-order valence-corrected chi connectivity index (χ3v) is 6.40. The van der Waals surface area contributed by atoms with Gasteiger partial charge in [0.2, 0.25) is 0 Å². The van der Waals surface area contributed by atoms with Crippen molar-refractivity contribution in [2.24, 2.45) is 17.8 Å². The van der Waals surface area contributed by atoms with Gasteiger partial charge in [0.15, 0.2) is 0 Å². The number of hydrogen-bond donors (Lipinski definition) is 1. The summed E-state index contributed by atoms with van der Waals surface area (Å²) in [5.41, 5.74) is 0.773. The van der Waals surface area contributed by atoms with E-state index in [2.05, 4.69) is 50.8 Å². The Morgan fingerprint density at radius 2 is 2.20 bits per heavy atom. The molecule has 2 fully saturated rings. The van der Waals surface area contributed by atoms with Crippen LogP contribution in [0, 0.1) is 21.3 Å². The number of carbonyl (C=O) groups is 1. The fraction of sp³-hybridized carbons (Fsp3) is 0.562. The van der Waals surface area contributed by atoms with Gasteiger partial charge in [-0.1, -0.05) is 22.4 Å². The number of hydrogen-bond acceptors (Lipinski definition) is 1. The third kappa shape index (κ3) is 2.91. The van der Waals surface area contributed by atoms with Gasteiger partial charge in [-0.15, -0.1) is 0 Å². The van der Waals surface area contributed by atoms with Crippen LogP contribution in [-0.2, 0) is 0 Å². The lowest BCUT2D eigenvalue weighted by molar-refractivity contribution is 0.0914. The number of benzene rings is 1. The van der Waals surface area contributed by atoms with Crippen molar-refractivity contribution in [3.63, 3.8) is 0 Å². The first kappa shape index (κ1) is 14.8. The molecule has 1 N–H and O–H groups in total. The van der Waals surface area contributed by atoms with E-state index in [-0.39, 0.29) is 11.9 Å². The van der Waals surface area contributed by atoms with Crippen LogP contribution in [0.3, 0.4) is 0 Å². The van der Waals surface area contributed by atoms with E-state index in [0.29, 0.717) is 5.92 Å². The number of rotatable bonds is 3. The molecule has 0 saturated heterocycles. The molecular formula is C16H19BrINO. The Balaban J connectivity index is 1.68. The van der Waals surface area contributed by atoms with Crippen molar-refractivity contribution in [3.8, 4) is 0 Å². The van der Waals surface area contributed by atoms with Gasteiger partial charge < -0.3 is 5.32 Å². The van der Waals surface area contributed by atoms with Gasteiger partial charge in [-0.3, -0.25) is 4.79 Å². The van der Waals surface area contributed by atoms with Crippen LogP contribution in [0.15, 0.2) is 22.7 Å². The lowest BCUT2D eigenvalue weighted by atomic mass is 9.84. The van der Waals surface area contributed by atoms with Crippen LogP contribution in [-0.4, -0.2) is 11.9 Å². The van der Waals surface area contributed by atoms with E-state index in [1.54, 1.807) is 0 Å². The molecule has 0 spiro atoms. The Kier molecular flexibility index (Phi) is 4.41. The van der Waals surface area contributed by atoms with Crippen LogP contribution in [0.4, 0.5) is 0 Å². The van der Waals surface area contributed by atoms with Gasteiger partial charge in [0.05, 0.1) is 5.56 Å². The van der Waals surface area contributed by atoms with E-state index < -0.39 is 0 Å². The van der Waals surface area contributed by atoms with Crippen molar-refractivity contribution < 1.29 is 4.79 Å². The quantitative estimate of drug-likeness (QED) is 0.673. The molecule has 4 atom stereocenters. The van der Waals surface area contributed by atoms with E-state index in [1.165, 1.54) is 25.7 Å². The molecule has 108 valence electrons. The molecule has 0 heterocycles. The van der Waals surface area contributed by atoms with Crippen molar-refractivity contribution in [1.29, 1.82) is 0 Å². The maximum atomic E-state index is 12.5. The summed E-state index contributed by atoms with van der Waals surface area (Å²) >= 11 is 5.66. The highest BCUT2D eigenvalue weighted by Crippen LogP contribution is 2.49. The van der Waals surface area contributed by atoms with Crippen molar-refractivity contribution in [2.45, 2.75) is 38.6 Å². The van der Waals surface area contributed by atoms with Gasteiger partial charge in [0.1, 0.15) is 0 Å². The van der Waals surface area contributed by atoms with Crippen LogP contribution < -0.4 is 5.32 Å². The Bertz CT molecular complexity index is 533. The topological polar surface area (TPSA) is 29.1 Å². The summed E-state index contributed by atoms with van der Waals surface area (Å²) in [4.78, 5) is 12.5. The van der Waals surface area contributed by atoms with Crippen molar-refractivity contribution in [2.75, 3.05) is 0 Å². The maximum Gasteiger partial charge on any atom is 0.252 e. The highest BCUT2D eigenvalue weighted by molar-refractivity contribution is 14.1. The lowest BCUT2D eigenvalue weighted by Gasteiger charge is -2.28. The molecule has 2 aliphatic rings. The third-order valence-electron chi connectivity index (χ3n) is 4.97. The Hall–Kier alpha value is -0.100. The van der Waals surface area contributed by atoms with E-state index >= 15 is 0 Å². The first-order valence-electron chi connectivity index (χ1n) is 7.30. The van der Waals surface area contributed by atoms with Crippen LogP contribution in [0.1, 0.15) is 43.0 Å². The molecule has 0 radical (unpaired) electrons. The molecule has 20 heavy (non-hydrogen) atoms. The fourth-order valence-electron chi connectivity index (χ4n) is 3.97. The SMILES string of the molecule is CC(NC(=O)c1cc(Br)ccc1I)C1CC2CCC1C2. The second kappa shape index (κ2) is 5.95. The molecule has 2 bridgehead atoms. The Morgan fingerprint density at radius 3 is 2.85 bits per heavy atom. The standard InChI is InChI=1S/C16H19BrINO/c1-9(13-7-10-2-3-11(13)6-10)19-16(20)14-8-12(17)4-5-15(14)18/h4-5,8-11,13H,2-3,6-7H2,1H3,(H,19,20). The lowest BCUT2D eigenvalue weighted by Crippen LogP contribution is -2.40. The first-order chi connectivity index (χ1) is 9.54. The minimum atomic E-state index is 0.0611. The van der Waals surface area contributed by atoms with Gasteiger partial charge >= 0.3 is 0 Å². The number of halogens is 2. The second-order valence-electron chi connectivity index (χ2n) is 6.23. The van der Waals surface area contributed by atoms with Crippen molar-refractivity contribution >= 4 is 44.4 Å². The summed E-state index contributed by atoms with van der Waals surface area (Å²) in [7, 11) is 0. The molecular weight excluding hydrogens is 429 g/mol. The maximum absolute atomic E-state index is 12.5. The highest BCUT2D eigenvalue weighted by Gasteiger charge is 2.42. The average molecular weight is 448 g/mol. The molecule has 2 aliphatic carbocycles. The van der Waals surface area contributed by atoms with E-state index in [9.17, 15) is 4.79 Å². The average Bonchev–Trinajstić information content (AvgIpc) is 3.03.